The van der Waals surface area contributed by atoms with Crippen molar-refractivity contribution in [1.82, 2.24) is 4.98 Å². The molecule has 5 nitrogen and oxygen atoms in total. The minimum atomic E-state index is -4.50. The Balaban J connectivity index is 2.21. The van der Waals surface area contributed by atoms with Crippen LogP contribution < -0.4 is 4.74 Å². The Kier molecular flexibility index (Phi) is 5.96. The van der Waals surface area contributed by atoms with E-state index in [1.54, 1.807) is 24.3 Å². The maximum Gasteiger partial charge on any atom is 0.417 e. The van der Waals surface area contributed by atoms with Gasteiger partial charge in [-0.2, -0.15) is 18.4 Å². The summed E-state index contributed by atoms with van der Waals surface area (Å²) in [5.41, 5.74) is -0.137. The van der Waals surface area contributed by atoms with Gasteiger partial charge in [0.05, 0.1) is 29.9 Å². The van der Waals surface area contributed by atoms with Crippen LogP contribution in [0.15, 0.2) is 42.6 Å². The maximum atomic E-state index is 12.6. The van der Waals surface area contributed by atoms with Gasteiger partial charge in [0.2, 0.25) is 0 Å². The first-order valence-corrected chi connectivity index (χ1v) is 7.39. The maximum absolute atomic E-state index is 12.6. The monoisotopic (exact) mass is 362 g/mol. The van der Waals surface area contributed by atoms with Gasteiger partial charge in [0.1, 0.15) is 11.8 Å². The minimum absolute atomic E-state index is 0.00588. The summed E-state index contributed by atoms with van der Waals surface area (Å²) < 4.78 is 43.0. The largest absolute Gasteiger partial charge is 0.493 e. The summed E-state index contributed by atoms with van der Waals surface area (Å²) in [6.45, 7) is -0.00588. The molecule has 1 heterocycles. The van der Waals surface area contributed by atoms with E-state index in [4.69, 9.17) is 9.84 Å². The molecule has 1 aromatic heterocycles. The number of carboxylic acid groups (broad SMARTS) is 1. The zero-order chi connectivity index (χ0) is 19.2. The molecular formula is C18H13F3N2O3. The number of ether oxygens (including phenoxy) is 1. The second-order valence-electron chi connectivity index (χ2n) is 5.16. The van der Waals surface area contributed by atoms with Crippen molar-refractivity contribution >= 4 is 17.6 Å². The highest BCUT2D eigenvalue weighted by Crippen LogP contribution is 2.29. The van der Waals surface area contributed by atoms with Crippen LogP contribution in [0.5, 0.6) is 5.75 Å². The summed E-state index contributed by atoms with van der Waals surface area (Å²) in [5.74, 6) is -0.570. The van der Waals surface area contributed by atoms with Crippen molar-refractivity contribution in [3.05, 3.63) is 59.4 Å². The molecule has 2 aromatic rings. The molecule has 0 aliphatic carbocycles. The summed E-state index contributed by atoms with van der Waals surface area (Å²) in [6, 6.07) is 10.4. The van der Waals surface area contributed by atoms with Crippen molar-refractivity contribution in [2.24, 2.45) is 0 Å². The quantitative estimate of drug-likeness (QED) is 0.785. The van der Waals surface area contributed by atoms with Crippen LogP contribution in [0.2, 0.25) is 0 Å². The predicted octanol–water partition coefficient (Wildman–Crippen LogP) is 4.02. The number of pyridine rings is 1. The fourth-order valence-electron chi connectivity index (χ4n) is 2.00. The number of nitrogens with zero attached hydrogens (tertiary/aromatic N) is 2. The van der Waals surface area contributed by atoms with Crippen LogP contribution in [-0.2, 0) is 11.0 Å². The molecule has 0 saturated heterocycles. The number of hydrogen-bond donors (Lipinski definition) is 1. The Bertz CT molecular complexity index is 853. The van der Waals surface area contributed by atoms with Gasteiger partial charge in [-0.25, -0.2) is 0 Å². The zero-order valence-corrected chi connectivity index (χ0v) is 13.3. The lowest BCUT2D eigenvalue weighted by atomic mass is 10.1. The number of benzene rings is 1. The van der Waals surface area contributed by atoms with E-state index in [2.05, 4.69) is 4.98 Å². The summed E-state index contributed by atoms with van der Waals surface area (Å²) >= 11 is 0. The third-order valence-corrected chi connectivity index (χ3v) is 3.24. The highest BCUT2D eigenvalue weighted by Gasteiger charge is 2.30. The number of nitriles is 1. The number of allylic oxidation sites excluding steroid dienone is 1. The van der Waals surface area contributed by atoms with Crippen LogP contribution in [0.1, 0.15) is 23.2 Å². The minimum Gasteiger partial charge on any atom is -0.493 e. The van der Waals surface area contributed by atoms with Gasteiger partial charge in [0, 0.05) is 6.20 Å². The highest BCUT2D eigenvalue weighted by atomic mass is 19.4. The van der Waals surface area contributed by atoms with Crippen LogP contribution >= 0.6 is 0 Å². The number of carboxylic acids is 1. The van der Waals surface area contributed by atoms with Gasteiger partial charge >= 0.3 is 12.1 Å². The fourth-order valence-corrected chi connectivity index (χ4v) is 2.00. The Morgan fingerprint density at radius 3 is 2.65 bits per heavy atom. The van der Waals surface area contributed by atoms with E-state index >= 15 is 0 Å². The molecule has 1 aromatic carbocycles. The molecule has 0 saturated carbocycles. The Labute approximate surface area is 147 Å². The van der Waals surface area contributed by atoms with E-state index in [0.29, 0.717) is 17.5 Å². The van der Waals surface area contributed by atoms with Crippen molar-refractivity contribution in [3.63, 3.8) is 0 Å². The molecule has 1 N–H and O–H groups in total. The molecule has 0 unspecified atom stereocenters. The first kappa shape index (κ1) is 19.0. The smallest absolute Gasteiger partial charge is 0.417 e. The lowest BCUT2D eigenvalue weighted by molar-refractivity contribution is -0.138. The van der Waals surface area contributed by atoms with Crippen LogP contribution in [0.3, 0.4) is 0 Å². The molecule has 0 radical (unpaired) electrons. The molecule has 0 fully saturated rings. The van der Waals surface area contributed by atoms with Gasteiger partial charge in [0.25, 0.3) is 0 Å². The van der Waals surface area contributed by atoms with Crippen LogP contribution in [-0.4, -0.2) is 22.7 Å². The molecular weight excluding hydrogens is 349 g/mol. The average molecular weight is 362 g/mol. The van der Waals surface area contributed by atoms with Crippen LogP contribution in [0.25, 0.3) is 11.6 Å². The summed E-state index contributed by atoms with van der Waals surface area (Å²) in [7, 11) is 0. The van der Waals surface area contributed by atoms with Gasteiger partial charge in [-0.1, -0.05) is 12.1 Å². The number of rotatable bonds is 6. The topological polar surface area (TPSA) is 83.2 Å². The van der Waals surface area contributed by atoms with E-state index in [9.17, 15) is 23.2 Å². The SMILES string of the molecule is N#CC(=Cc1cccc(OCCC(=O)O)c1)c1ccc(C(F)(F)F)cn1. The number of aliphatic carboxylic acids is 1. The first-order valence-electron chi connectivity index (χ1n) is 7.39. The summed E-state index contributed by atoms with van der Waals surface area (Å²) in [5, 5.41) is 17.9. The Morgan fingerprint density at radius 1 is 1.31 bits per heavy atom. The highest BCUT2D eigenvalue weighted by molar-refractivity contribution is 5.88. The Hall–Kier alpha value is -3.34. The first-order chi connectivity index (χ1) is 12.3. The predicted molar refractivity (Wildman–Crippen MR) is 86.9 cm³/mol. The van der Waals surface area contributed by atoms with E-state index in [0.717, 1.165) is 12.1 Å². The van der Waals surface area contributed by atoms with Crippen molar-refractivity contribution in [3.8, 4) is 11.8 Å². The van der Waals surface area contributed by atoms with Crippen molar-refractivity contribution in [2.45, 2.75) is 12.6 Å². The lowest BCUT2D eigenvalue weighted by Crippen LogP contribution is -2.05. The molecule has 2 rings (SSSR count). The van der Waals surface area contributed by atoms with Gasteiger partial charge in [-0.15, -0.1) is 0 Å². The van der Waals surface area contributed by atoms with Crippen LogP contribution in [0, 0.1) is 11.3 Å². The zero-order valence-electron chi connectivity index (χ0n) is 13.3. The Morgan fingerprint density at radius 2 is 2.08 bits per heavy atom. The lowest BCUT2D eigenvalue weighted by Gasteiger charge is -2.07. The number of alkyl halides is 3. The summed E-state index contributed by atoms with van der Waals surface area (Å²) in [6.07, 6.45) is -2.52. The fraction of sp³-hybridized carbons (Fsp3) is 0.167. The van der Waals surface area contributed by atoms with Crippen molar-refractivity contribution < 1.29 is 27.8 Å². The van der Waals surface area contributed by atoms with Gasteiger partial charge < -0.3 is 9.84 Å². The normalized spacial score (nSPS) is 11.7. The average Bonchev–Trinajstić information content (AvgIpc) is 2.59. The molecule has 0 amide bonds. The van der Waals surface area contributed by atoms with E-state index in [1.807, 2.05) is 6.07 Å². The second-order valence-corrected chi connectivity index (χ2v) is 5.16. The number of aromatic nitrogens is 1. The van der Waals surface area contributed by atoms with E-state index in [-0.39, 0.29) is 24.3 Å². The third kappa shape index (κ3) is 5.34. The van der Waals surface area contributed by atoms with Crippen LogP contribution in [0.4, 0.5) is 13.2 Å². The molecule has 8 heteroatoms. The molecule has 26 heavy (non-hydrogen) atoms. The van der Waals surface area contributed by atoms with Crippen molar-refractivity contribution in [2.75, 3.05) is 6.61 Å². The van der Waals surface area contributed by atoms with Gasteiger partial charge in [0.15, 0.2) is 0 Å². The molecule has 0 atom stereocenters. The molecule has 0 aliphatic heterocycles. The second kappa shape index (κ2) is 8.16. The van der Waals surface area contributed by atoms with E-state index < -0.39 is 17.7 Å². The van der Waals surface area contributed by atoms with Gasteiger partial charge in [-0.05, 0) is 35.9 Å². The van der Waals surface area contributed by atoms with Crippen molar-refractivity contribution in [1.29, 1.82) is 5.26 Å². The standard InChI is InChI=1S/C18H13F3N2O3/c19-18(20,21)14-4-5-16(23-11-14)13(10-22)8-12-2-1-3-15(9-12)26-7-6-17(24)25/h1-5,8-9,11H,6-7H2,(H,24,25). The van der Waals surface area contributed by atoms with E-state index in [1.165, 1.54) is 6.08 Å². The number of carbonyl (C=O) groups is 1. The molecule has 134 valence electrons. The number of halogens is 3. The number of hydrogen-bond acceptors (Lipinski definition) is 4. The summed E-state index contributed by atoms with van der Waals surface area (Å²) in [4.78, 5) is 14.2. The third-order valence-electron chi connectivity index (χ3n) is 3.24. The molecule has 0 aliphatic rings. The molecule has 0 spiro atoms. The van der Waals surface area contributed by atoms with Gasteiger partial charge in [-0.3, -0.25) is 9.78 Å². The molecule has 0 bridgehead atoms.